The quantitative estimate of drug-likeness (QED) is 0.382. The summed E-state index contributed by atoms with van der Waals surface area (Å²) in [4.78, 5) is 4.10. The van der Waals surface area contributed by atoms with Gasteiger partial charge in [-0.05, 0) is 38.5 Å². The number of halogens is 2. The van der Waals surface area contributed by atoms with Crippen molar-refractivity contribution in [3.63, 3.8) is 0 Å². The van der Waals surface area contributed by atoms with Crippen molar-refractivity contribution in [1.82, 2.24) is 10.6 Å². The van der Waals surface area contributed by atoms with Crippen molar-refractivity contribution in [2.24, 2.45) is 4.99 Å². The first-order valence-electron chi connectivity index (χ1n) is 8.14. The lowest BCUT2D eigenvalue weighted by Gasteiger charge is -2.15. The minimum Gasteiger partial charge on any atom is -0.497 e. The molecule has 0 aliphatic carbocycles. The first kappa shape index (κ1) is 21.0. The van der Waals surface area contributed by atoms with Crippen LogP contribution in [0.2, 0.25) is 0 Å². The highest BCUT2D eigenvalue weighted by atomic mass is 19.3. The van der Waals surface area contributed by atoms with Crippen molar-refractivity contribution in [2.45, 2.75) is 39.5 Å². The fourth-order valence-corrected chi connectivity index (χ4v) is 2.03. The number of hydrogen-bond donors (Lipinski definition) is 2. The second-order valence-electron chi connectivity index (χ2n) is 5.48. The first-order valence-corrected chi connectivity index (χ1v) is 8.14. The van der Waals surface area contributed by atoms with Crippen LogP contribution in [0, 0.1) is 0 Å². The molecule has 8 heteroatoms. The molecule has 2 N–H and O–H groups in total. The Balaban J connectivity index is 2.55. The van der Waals surface area contributed by atoms with Gasteiger partial charge in [-0.15, -0.1) is 0 Å². The molecular weight excluding hydrogens is 332 g/mol. The molecule has 6 nitrogen and oxygen atoms in total. The maximum atomic E-state index is 12.5. The number of ether oxygens (including phenoxy) is 3. The van der Waals surface area contributed by atoms with Gasteiger partial charge in [0, 0.05) is 32.3 Å². The normalized spacial score (nSPS) is 11.8. The molecule has 0 aliphatic heterocycles. The average molecular weight is 359 g/mol. The topological polar surface area (TPSA) is 64.1 Å². The van der Waals surface area contributed by atoms with Crippen molar-refractivity contribution >= 4 is 5.96 Å². The fraction of sp³-hybridized carbons (Fsp3) is 0.588. The molecule has 0 spiro atoms. The van der Waals surface area contributed by atoms with Crippen LogP contribution >= 0.6 is 0 Å². The standard InChI is InChI=1S/C17H27F2N3O3/c1-12(2)24-9-5-8-21-17(20-3)22-11-13-10-14(23-4)6-7-15(13)25-16(18)19/h6-7,10,12,16H,5,8-9,11H2,1-4H3,(H2,20,21,22). The summed E-state index contributed by atoms with van der Waals surface area (Å²) in [6.07, 6.45) is 1.04. The van der Waals surface area contributed by atoms with Gasteiger partial charge in [0.05, 0.1) is 13.2 Å². The zero-order chi connectivity index (χ0) is 18.7. The largest absolute Gasteiger partial charge is 0.497 e. The van der Waals surface area contributed by atoms with Crippen molar-refractivity contribution in [2.75, 3.05) is 27.3 Å². The third kappa shape index (κ3) is 8.53. The number of guanidine groups is 1. The Morgan fingerprint density at radius 2 is 2.00 bits per heavy atom. The van der Waals surface area contributed by atoms with Crippen molar-refractivity contribution in [1.29, 1.82) is 0 Å². The Morgan fingerprint density at radius 3 is 2.60 bits per heavy atom. The molecule has 0 bridgehead atoms. The lowest BCUT2D eigenvalue weighted by Crippen LogP contribution is -2.37. The van der Waals surface area contributed by atoms with E-state index in [1.807, 2.05) is 13.8 Å². The van der Waals surface area contributed by atoms with Crippen LogP contribution in [-0.2, 0) is 11.3 Å². The van der Waals surface area contributed by atoms with Crippen LogP contribution in [0.5, 0.6) is 11.5 Å². The Bertz CT molecular complexity index is 540. The molecule has 0 heterocycles. The predicted octanol–water partition coefficient (Wildman–Crippen LogP) is 2.78. The van der Waals surface area contributed by atoms with E-state index in [2.05, 4.69) is 20.4 Å². The first-order chi connectivity index (χ1) is 12.0. The van der Waals surface area contributed by atoms with Gasteiger partial charge >= 0.3 is 6.61 Å². The predicted molar refractivity (Wildman–Crippen MR) is 93.5 cm³/mol. The van der Waals surface area contributed by atoms with Gasteiger partial charge in [-0.1, -0.05) is 0 Å². The monoisotopic (exact) mass is 359 g/mol. The molecule has 0 atom stereocenters. The number of benzene rings is 1. The van der Waals surface area contributed by atoms with Crippen LogP contribution in [0.15, 0.2) is 23.2 Å². The number of hydrogen-bond acceptors (Lipinski definition) is 4. The molecule has 0 amide bonds. The Morgan fingerprint density at radius 1 is 1.24 bits per heavy atom. The lowest BCUT2D eigenvalue weighted by molar-refractivity contribution is -0.0504. The van der Waals surface area contributed by atoms with E-state index >= 15 is 0 Å². The van der Waals surface area contributed by atoms with Crippen LogP contribution in [0.3, 0.4) is 0 Å². The Kier molecular flexibility index (Phi) is 9.61. The van der Waals surface area contributed by atoms with Gasteiger partial charge in [-0.3, -0.25) is 4.99 Å². The Hall–Kier alpha value is -2.09. The van der Waals surface area contributed by atoms with E-state index in [-0.39, 0.29) is 18.4 Å². The highest BCUT2D eigenvalue weighted by Gasteiger charge is 2.11. The fourth-order valence-electron chi connectivity index (χ4n) is 2.03. The van der Waals surface area contributed by atoms with Gasteiger partial charge in [0.15, 0.2) is 5.96 Å². The molecule has 0 aromatic heterocycles. The van der Waals surface area contributed by atoms with E-state index < -0.39 is 6.61 Å². The van der Waals surface area contributed by atoms with E-state index in [1.165, 1.54) is 13.2 Å². The van der Waals surface area contributed by atoms with Crippen molar-refractivity contribution < 1.29 is 23.0 Å². The van der Waals surface area contributed by atoms with Crippen molar-refractivity contribution in [3.8, 4) is 11.5 Å². The SMILES string of the molecule is CN=C(NCCCOC(C)C)NCc1cc(OC)ccc1OC(F)F. The maximum absolute atomic E-state index is 12.5. The molecule has 142 valence electrons. The summed E-state index contributed by atoms with van der Waals surface area (Å²) in [6.45, 7) is 2.70. The summed E-state index contributed by atoms with van der Waals surface area (Å²) < 4.78 is 40.2. The zero-order valence-corrected chi connectivity index (χ0v) is 15.1. The molecule has 0 saturated heterocycles. The van der Waals surface area contributed by atoms with E-state index in [0.29, 0.717) is 30.4 Å². The highest BCUT2D eigenvalue weighted by Crippen LogP contribution is 2.25. The molecular formula is C17H27F2N3O3. The summed E-state index contributed by atoms with van der Waals surface area (Å²) in [5.74, 6) is 1.23. The van der Waals surface area contributed by atoms with Crippen LogP contribution in [-0.4, -0.2) is 46.0 Å². The minimum absolute atomic E-state index is 0.101. The zero-order valence-electron chi connectivity index (χ0n) is 15.1. The number of alkyl halides is 2. The minimum atomic E-state index is -2.88. The van der Waals surface area contributed by atoms with Gasteiger partial charge in [0.25, 0.3) is 0 Å². The number of rotatable bonds is 10. The second-order valence-corrected chi connectivity index (χ2v) is 5.48. The molecule has 1 rings (SSSR count). The smallest absolute Gasteiger partial charge is 0.387 e. The van der Waals surface area contributed by atoms with E-state index in [9.17, 15) is 8.78 Å². The molecule has 0 saturated carbocycles. The third-order valence-electron chi connectivity index (χ3n) is 3.22. The number of nitrogens with one attached hydrogen (secondary N) is 2. The van der Waals surface area contributed by atoms with Crippen LogP contribution in [0.4, 0.5) is 8.78 Å². The van der Waals surface area contributed by atoms with Gasteiger partial charge in [-0.2, -0.15) is 8.78 Å². The molecule has 0 unspecified atom stereocenters. The summed E-state index contributed by atoms with van der Waals surface area (Å²) in [6, 6.07) is 4.68. The summed E-state index contributed by atoms with van der Waals surface area (Å²) in [5.41, 5.74) is 0.547. The summed E-state index contributed by atoms with van der Waals surface area (Å²) in [5, 5.41) is 6.21. The average Bonchev–Trinajstić information content (AvgIpc) is 2.57. The number of nitrogens with zero attached hydrogens (tertiary/aromatic N) is 1. The molecule has 1 aromatic rings. The van der Waals surface area contributed by atoms with E-state index in [1.54, 1.807) is 19.2 Å². The third-order valence-corrected chi connectivity index (χ3v) is 3.22. The molecule has 0 radical (unpaired) electrons. The van der Waals surface area contributed by atoms with Gasteiger partial charge < -0.3 is 24.8 Å². The van der Waals surface area contributed by atoms with Gasteiger partial charge in [0.1, 0.15) is 11.5 Å². The van der Waals surface area contributed by atoms with Crippen LogP contribution < -0.4 is 20.1 Å². The maximum Gasteiger partial charge on any atom is 0.387 e. The molecule has 25 heavy (non-hydrogen) atoms. The number of methoxy groups -OCH3 is 1. The summed E-state index contributed by atoms with van der Waals surface area (Å²) >= 11 is 0. The Labute approximate surface area is 147 Å². The molecule has 0 aliphatic rings. The molecule has 1 aromatic carbocycles. The summed E-state index contributed by atoms with van der Waals surface area (Å²) in [7, 11) is 3.15. The highest BCUT2D eigenvalue weighted by molar-refractivity contribution is 5.79. The van der Waals surface area contributed by atoms with Crippen LogP contribution in [0.25, 0.3) is 0 Å². The number of aliphatic imine (C=N–C) groups is 1. The van der Waals surface area contributed by atoms with Gasteiger partial charge in [-0.25, -0.2) is 0 Å². The van der Waals surface area contributed by atoms with E-state index in [4.69, 9.17) is 9.47 Å². The van der Waals surface area contributed by atoms with Crippen molar-refractivity contribution in [3.05, 3.63) is 23.8 Å². The lowest BCUT2D eigenvalue weighted by atomic mass is 10.2. The van der Waals surface area contributed by atoms with Gasteiger partial charge in [0.2, 0.25) is 0 Å². The molecule has 0 fully saturated rings. The van der Waals surface area contributed by atoms with E-state index in [0.717, 1.165) is 6.42 Å². The van der Waals surface area contributed by atoms with Crippen LogP contribution in [0.1, 0.15) is 25.8 Å². The second kappa shape index (κ2) is 11.5.